The Hall–Kier alpha value is -3.09. The van der Waals surface area contributed by atoms with Crippen molar-refractivity contribution in [1.82, 2.24) is 9.97 Å². The van der Waals surface area contributed by atoms with E-state index < -0.39 is 7.14 Å². The van der Waals surface area contributed by atoms with E-state index in [2.05, 4.69) is 20.6 Å². The van der Waals surface area contributed by atoms with Gasteiger partial charge in [-0.1, -0.05) is 11.6 Å². The number of hydrogen-bond acceptors (Lipinski definition) is 8. The molecular weight excluding hydrogens is 451 g/mol. The summed E-state index contributed by atoms with van der Waals surface area (Å²) in [5.41, 5.74) is 1.73. The number of methoxy groups -OCH3 is 2. The molecule has 0 aliphatic rings. The molecule has 2 N–H and O–H groups in total. The molecule has 168 valence electrons. The number of aromatic nitrogens is 2. The average Bonchev–Trinajstić information content (AvgIpc) is 2.75. The largest absolute Gasteiger partial charge is 0.495 e. The molecule has 0 aliphatic heterocycles. The number of halogens is 1. The predicted octanol–water partition coefficient (Wildman–Crippen LogP) is 5.09. The first-order valence-electron chi connectivity index (χ1n) is 9.61. The number of carbonyl (C=O) groups excluding carboxylic acids is 1. The van der Waals surface area contributed by atoms with E-state index in [4.69, 9.17) is 21.1 Å². The number of ketones is 1. The molecule has 0 aliphatic carbocycles. The van der Waals surface area contributed by atoms with Gasteiger partial charge in [0, 0.05) is 10.9 Å². The predicted molar refractivity (Wildman–Crippen MR) is 129 cm³/mol. The molecule has 0 fully saturated rings. The van der Waals surface area contributed by atoms with Crippen LogP contribution >= 0.6 is 18.7 Å². The summed E-state index contributed by atoms with van der Waals surface area (Å²) in [6.45, 7) is 4.89. The highest BCUT2D eigenvalue weighted by molar-refractivity contribution is 7.70. The van der Waals surface area contributed by atoms with Gasteiger partial charge in [-0.05, 0) is 56.7 Å². The van der Waals surface area contributed by atoms with E-state index in [1.807, 2.05) is 0 Å². The average molecular weight is 475 g/mol. The van der Waals surface area contributed by atoms with Crippen molar-refractivity contribution >= 4 is 53.0 Å². The number of nitrogens with one attached hydrogen (secondary N) is 2. The maximum atomic E-state index is 12.4. The van der Waals surface area contributed by atoms with Crippen LogP contribution in [0.25, 0.3) is 0 Å². The third-order valence-corrected chi connectivity index (χ3v) is 6.46. The van der Waals surface area contributed by atoms with Crippen LogP contribution in [-0.2, 0) is 4.57 Å². The summed E-state index contributed by atoms with van der Waals surface area (Å²) < 4.78 is 23.2. The molecule has 0 spiro atoms. The molecule has 8 nitrogen and oxygen atoms in total. The van der Waals surface area contributed by atoms with Gasteiger partial charge in [0.25, 0.3) is 0 Å². The van der Waals surface area contributed by atoms with Crippen molar-refractivity contribution < 1.29 is 18.8 Å². The number of Topliss-reactive ketones (excluding diaryl/α,β-unsaturated/α-hetero) is 1. The van der Waals surface area contributed by atoms with Crippen LogP contribution in [0.5, 0.6) is 11.5 Å². The lowest BCUT2D eigenvalue weighted by Gasteiger charge is -2.15. The van der Waals surface area contributed by atoms with Crippen LogP contribution in [0.3, 0.4) is 0 Å². The van der Waals surface area contributed by atoms with Gasteiger partial charge in [-0.15, -0.1) is 0 Å². The Balaban J connectivity index is 1.90. The SMILES string of the molecule is COc1cc(P(C)(C)=O)ccc1Nc1ncc(Cl)c(Nc2ccc(C(C)=O)cc2OC)n1. The van der Waals surface area contributed by atoms with Crippen LogP contribution in [0, 0.1) is 0 Å². The number of benzene rings is 2. The molecule has 3 aromatic rings. The zero-order valence-corrected chi connectivity index (χ0v) is 20.0. The van der Waals surface area contributed by atoms with E-state index in [0.717, 1.165) is 0 Å². The topological polar surface area (TPSA) is 102 Å². The monoisotopic (exact) mass is 474 g/mol. The first-order valence-corrected chi connectivity index (χ1v) is 12.6. The van der Waals surface area contributed by atoms with Gasteiger partial charge >= 0.3 is 0 Å². The summed E-state index contributed by atoms with van der Waals surface area (Å²) in [5, 5.41) is 7.22. The minimum atomic E-state index is -2.43. The molecule has 0 atom stereocenters. The van der Waals surface area contributed by atoms with Gasteiger partial charge in [0.2, 0.25) is 5.95 Å². The first kappa shape index (κ1) is 23.6. The molecule has 0 amide bonds. The van der Waals surface area contributed by atoms with Crippen molar-refractivity contribution in [3.63, 3.8) is 0 Å². The lowest BCUT2D eigenvalue weighted by Crippen LogP contribution is -2.07. The third-order valence-electron chi connectivity index (χ3n) is 4.66. The van der Waals surface area contributed by atoms with Crippen LogP contribution in [-0.4, -0.2) is 43.3 Å². The van der Waals surface area contributed by atoms with Gasteiger partial charge in [-0.3, -0.25) is 4.79 Å². The molecule has 0 unspecified atom stereocenters. The fourth-order valence-corrected chi connectivity index (χ4v) is 3.89. The lowest BCUT2D eigenvalue weighted by molar-refractivity contribution is 0.101. The highest BCUT2D eigenvalue weighted by Gasteiger charge is 2.16. The Morgan fingerprint density at radius 2 is 1.62 bits per heavy atom. The molecule has 0 radical (unpaired) electrons. The molecule has 1 heterocycles. The number of nitrogens with zero attached hydrogens (tertiary/aromatic N) is 2. The molecule has 0 saturated carbocycles. The fraction of sp³-hybridized carbons (Fsp3) is 0.227. The van der Waals surface area contributed by atoms with Crippen LogP contribution in [0.15, 0.2) is 42.6 Å². The van der Waals surface area contributed by atoms with Gasteiger partial charge in [-0.2, -0.15) is 4.98 Å². The number of rotatable bonds is 8. The summed E-state index contributed by atoms with van der Waals surface area (Å²) in [7, 11) is 0.618. The summed E-state index contributed by atoms with van der Waals surface area (Å²) in [5.74, 6) is 1.55. The molecule has 0 bridgehead atoms. The Kier molecular flexibility index (Phi) is 7.06. The summed E-state index contributed by atoms with van der Waals surface area (Å²) in [6, 6.07) is 10.3. The van der Waals surface area contributed by atoms with Crippen LogP contribution in [0.1, 0.15) is 17.3 Å². The van der Waals surface area contributed by atoms with Crippen molar-refractivity contribution in [2.24, 2.45) is 0 Å². The van der Waals surface area contributed by atoms with E-state index in [9.17, 15) is 9.36 Å². The Morgan fingerprint density at radius 3 is 2.25 bits per heavy atom. The first-order chi connectivity index (χ1) is 15.1. The number of ether oxygens (including phenoxy) is 2. The standard InChI is InChI=1S/C22H24ClN4O4P/c1-13(28)14-6-8-17(19(10-14)30-2)25-21-16(23)12-24-22(27-21)26-18-9-7-15(32(4,5)29)11-20(18)31-3/h6-12H,1-5H3,(H2,24,25,26,27). The lowest BCUT2D eigenvalue weighted by atomic mass is 10.1. The number of anilines is 4. The summed E-state index contributed by atoms with van der Waals surface area (Å²) >= 11 is 6.29. The van der Waals surface area contributed by atoms with Gasteiger partial charge in [-0.25, -0.2) is 4.98 Å². The number of hydrogen-bond donors (Lipinski definition) is 2. The molecule has 2 aromatic carbocycles. The van der Waals surface area contributed by atoms with E-state index in [0.29, 0.717) is 44.6 Å². The minimum absolute atomic E-state index is 0.0659. The van der Waals surface area contributed by atoms with E-state index in [1.165, 1.54) is 27.3 Å². The van der Waals surface area contributed by atoms with Crippen molar-refractivity contribution in [1.29, 1.82) is 0 Å². The second-order valence-corrected chi connectivity index (χ2v) is 11.0. The highest BCUT2D eigenvalue weighted by Crippen LogP contribution is 2.38. The molecule has 32 heavy (non-hydrogen) atoms. The molecule has 10 heteroatoms. The van der Waals surface area contributed by atoms with Gasteiger partial charge < -0.3 is 24.7 Å². The van der Waals surface area contributed by atoms with E-state index >= 15 is 0 Å². The molecule has 0 saturated heterocycles. The minimum Gasteiger partial charge on any atom is -0.495 e. The van der Waals surface area contributed by atoms with Crippen molar-refractivity contribution in [2.75, 3.05) is 38.2 Å². The fourth-order valence-electron chi connectivity index (χ4n) is 2.89. The van der Waals surface area contributed by atoms with Crippen LogP contribution in [0.4, 0.5) is 23.1 Å². The van der Waals surface area contributed by atoms with Crippen molar-refractivity contribution in [3.05, 3.63) is 53.2 Å². The maximum Gasteiger partial charge on any atom is 0.229 e. The van der Waals surface area contributed by atoms with Crippen LogP contribution in [0.2, 0.25) is 5.02 Å². The Bertz CT molecular complexity index is 1210. The molecule has 3 rings (SSSR count). The van der Waals surface area contributed by atoms with Gasteiger partial charge in [0.1, 0.15) is 23.7 Å². The summed E-state index contributed by atoms with van der Waals surface area (Å²) in [6.07, 6.45) is 1.46. The van der Waals surface area contributed by atoms with Crippen LogP contribution < -0.4 is 25.4 Å². The molecular formula is C22H24ClN4O4P. The zero-order chi connectivity index (χ0) is 23.5. The van der Waals surface area contributed by atoms with Crippen molar-refractivity contribution in [2.45, 2.75) is 6.92 Å². The normalized spacial score (nSPS) is 11.1. The Labute approximate surface area is 191 Å². The number of carbonyl (C=O) groups is 1. The van der Waals surface area contributed by atoms with Gasteiger partial charge in [0.05, 0.1) is 31.8 Å². The van der Waals surface area contributed by atoms with E-state index in [1.54, 1.807) is 49.7 Å². The third kappa shape index (κ3) is 5.39. The maximum absolute atomic E-state index is 12.4. The van der Waals surface area contributed by atoms with Crippen molar-refractivity contribution in [3.8, 4) is 11.5 Å². The summed E-state index contributed by atoms with van der Waals surface area (Å²) in [4.78, 5) is 20.3. The quantitative estimate of drug-likeness (QED) is 0.344. The molecule has 1 aromatic heterocycles. The second-order valence-electron chi connectivity index (χ2n) is 7.35. The van der Waals surface area contributed by atoms with E-state index in [-0.39, 0.29) is 11.7 Å². The van der Waals surface area contributed by atoms with Gasteiger partial charge in [0.15, 0.2) is 11.6 Å². The smallest absolute Gasteiger partial charge is 0.229 e. The highest BCUT2D eigenvalue weighted by atomic mass is 35.5. The Morgan fingerprint density at radius 1 is 1.00 bits per heavy atom. The second kappa shape index (κ2) is 9.59. The zero-order valence-electron chi connectivity index (χ0n) is 18.4.